The van der Waals surface area contributed by atoms with E-state index in [1.807, 2.05) is 0 Å². The zero-order chi connectivity index (χ0) is 46.9. The van der Waals surface area contributed by atoms with E-state index in [0.29, 0.717) is 11.1 Å². The molecule has 0 aliphatic carbocycles. The summed E-state index contributed by atoms with van der Waals surface area (Å²) >= 11 is 0. The highest BCUT2D eigenvalue weighted by Gasteiger charge is 2.46. The number of aliphatic hydroxyl groups excluding tert-OH is 3. The summed E-state index contributed by atoms with van der Waals surface area (Å²) in [6.45, 7) is -1.70. The number of hydrogen-bond acceptors (Lipinski definition) is 17. The van der Waals surface area contributed by atoms with Gasteiger partial charge in [-0.25, -0.2) is 0 Å². The fraction of sp³-hybridized carbons (Fsp3) is 0.487. The maximum Gasteiger partial charge on any atom is 0.245 e. The second kappa shape index (κ2) is 25.1. The Morgan fingerprint density at radius 2 is 1.59 bits per heavy atom. The van der Waals surface area contributed by atoms with Crippen molar-refractivity contribution in [3.05, 3.63) is 65.7 Å². The average Bonchev–Trinajstić information content (AvgIpc) is 3.26. The summed E-state index contributed by atoms with van der Waals surface area (Å²) in [5.41, 5.74) is 12.6. The van der Waals surface area contributed by atoms with Gasteiger partial charge >= 0.3 is 0 Å². The van der Waals surface area contributed by atoms with Crippen LogP contribution in [0.15, 0.2) is 54.6 Å². The van der Waals surface area contributed by atoms with Crippen molar-refractivity contribution in [3.63, 3.8) is 0 Å². The van der Waals surface area contributed by atoms with Gasteiger partial charge in [0.25, 0.3) is 0 Å². The molecule has 2 aromatic carbocycles. The van der Waals surface area contributed by atoms with Crippen LogP contribution >= 0.6 is 21.6 Å². The number of ether oxygens (including phenoxy) is 2. The number of phenolic OH excluding ortho intramolecular Hbond substituents is 1. The van der Waals surface area contributed by atoms with Crippen molar-refractivity contribution in [2.45, 2.75) is 80.6 Å². The number of benzene rings is 2. The minimum absolute atomic E-state index is 0.0194. The van der Waals surface area contributed by atoms with Crippen LogP contribution in [0.5, 0.6) is 5.75 Å². The standard InChI is InChI=1S/C39H53N9O14S2/c1-19(50)44-31-33(55)32(54)28(15-49)62-39(31)61-16-25(35(57)42-13-29(41)52)46-38(60)27-18-64-63-17-26(47-34(56)23(40)11-21-7-9-22(51)10-8-21)36(58)43-14-30(53)45-24(37(59)48-27)12-20-5-3-2-4-6-20/h2-10,23-28,31-33,39,49,51,54-55H,11-18,40H2,1H3,(H2,41,52)(H,42,57)(H,43,58)(H,44,50)(H,45,53)(H,46,60)(H,47,56)(H,48,59)/t23-,24-,25-,26+,27+,28+,31+,32-,33+,39-/m0/s1. The highest BCUT2D eigenvalue weighted by atomic mass is 33.1. The van der Waals surface area contributed by atoms with Crippen molar-refractivity contribution < 1.29 is 68.3 Å². The molecular weight excluding hydrogens is 883 g/mol. The summed E-state index contributed by atoms with van der Waals surface area (Å²) in [5, 5.41) is 57.7. The second-order valence-electron chi connectivity index (χ2n) is 14.7. The number of carbonyl (C=O) groups excluding carboxylic acids is 8. The number of primary amides is 1. The predicted octanol–water partition coefficient (Wildman–Crippen LogP) is -5.48. The number of aliphatic hydroxyl groups is 3. The first-order valence-corrected chi connectivity index (χ1v) is 22.3. The largest absolute Gasteiger partial charge is 0.508 e. The quantitative estimate of drug-likeness (QED) is 0.0699. The summed E-state index contributed by atoms with van der Waals surface area (Å²) < 4.78 is 11.3. The van der Waals surface area contributed by atoms with Crippen molar-refractivity contribution in [1.82, 2.24) is 37.2 Å². The molecular formula is C39H53N9O14S2. The smallest absolute Gasteiger partial charge is 0.245 e. The van der Waals surface area contributed by atoms with Gasteiger partial charge in [-0.1, -0.05) is 64.1 Å². The van der Waals surface area contributed by atoms with Crippen LogP contribution in [0, 0.1) is 0 Å². The number of hydrogen-bond donors (Lipinski definition) is 13. The maximum atomic E-state index is 14.1. The summed E-state index contributed by atoms with van der Waals surface area (Å²) in [7, 11) is 2.02. The van der Waals surface area contributed by atoms with E-state index in [9.17, 15) is 58.8 Å². The number of nitrogens with one attached hydrogen (secondary N) is 7. The molecule has 2 aliphatic rings. The Morgan fingerprint density at radius 1 is 0.906 bits per heavy atom. The van der Waals surface area contributed by atoms with Crippen LogP contribution in [0.25, 0.3) is 0 Å². The van der Waals surface area contributed by atoms with E-state index in [1.165, 1.54) is 12.1 Å². The van der Waals surface area contributed by atoms with Crippen molar-refractivity contribution in [1.29, 1.82) is 0 Å². The van der Waals surface area contributed by atoms with Gasteiger partial charge in [-0.15, -0.1) is 0 Å². The van der Waals surface area contributed by atoms with E-state index in [2.05, 4.69) is 37.2 Å². The molecule has 0 bridgehead atoms. The average molecular weight is 936 g/mol. The van der Waals surface area contributed by atoms with Crippen LogP contribution in [0.1, 0.15) is 18.1 Å². The van der Waals surface area contributed by atoms with E-state index < -0.39 is 134 Å². The Morgan fingerprint density at radius 3 is 2.25 bits per heavy atom. The van der Waals surface area contributed by atoms with Crippen molar-refractivity contribution in [3.8, 4) is 5.75 Å². The van der Waals surface area contributed by atoms with Crippen LogP contribution in [0.4, 0.5) is 0 Å². The van der Waals surface area contributed by atoms with E-state index in [4.69, 9.17) is 20.9 Å². The lowest BCUT2D eigenvalue weighted by molar-refractivity contribution is -0.271. The summed E-state index contributed by atoms with van der Waals surface area (Å²) in [6.07, 6.45) is -6.35. The third-order valence-corrected chi connectivity index (χ3v) is 12.1. The van der Waals surface area contributed by atoms with Gasteiger partial charge in [0.05, 0.1) is 32.3 Å². The lowest BCUT2D eigenvalue weighted by Gasteiger charge is -2.42. The fourth-order valence-electron chi connectivity index (χ4n) is 6.28. The molecule has 0 aromatic heterocycles. The Balaban J connectivity index is 1.58. The van der Waals surface area contributed by atoms with Crippen LogP contribution in [-0.2, 0) is 60.7 Å². The molecule has 0 saturated carbocycles. The number of nitrogens with two attached hydrogens (primary N) is 2. The molecule has 4 rings (SSSR count). The molecule has 2 aromatic rings. The molecule has 0 spiro atoms. The van der Waals surface area contributed by atoms with Crippen molar-refractivity contribution in [2.24, 2.45) is 11.5 Å². The van der Waals surface area contributed by atoms with Crippen molar-refractivity contribution in [2.75, 3.05) is 37.8 Å². The van der Waals surface area contributed by atoms with E-state index in [-0.39, 0.29) is 30.1 Å². The second-order valence-corrected chi connectivity index (χ2v) is 17.3. The number of aromatic hydroxyl groups is 1. The van der Waals surface area contributed by atoms with Gasteiger partial charge in [-0.05, 0) is 29.7 Å². The Hall–Kier alpha value is -5.54. The molecule has 25 heteroatoms. The summed E-state index contributed by atoms with van der Waals surface area (Å²) in [4.78, 5) is 105. The van der Waals surface area contributed by atoms with Crippen LogP contribution in [-0.4, -0.2) is 166 Å². The van der Waals surface area contributed by atoms with E-state index >= 15 is 0 Å². The van der Waals surface area contributed by atoms with Crippen LogP contribution < -0.4 is 48.7 Å². The van der Waals surface area contributed by atoms with Gasteiger partial charge in [-0.2, -0.15) is 0 Å². The highest BCUT2D eigenvalue weighted by Crippen LogP contribution is 2.25. The predicted molar refractivity (Wildman–Crippen MR) is 229 cm³/mol. The monoisotopic (exact) mass is 935 g/mol. The molecule has 10 atom stereocenters. The SMILES string of the molecule is CC(=O)N[C@H]1[C@@H](OC[C@H](NC(=O)[C@H]2CSSC[C@@H](NC(=O)[C@@H](N)Cc3ccc(O)cc3)C(=O)NCC(=O)N[C@@H](Cc3ccccc3)C(=O)N2)C(=O)NCC(N)=O)O[C@H](CO)[C@H](O)[C@@H]1O. The molecule has 0 radical (unpaired) electrons. The number of carbonyl (C=O) groups is 8. The number of phenols is 1. The third kappa shape index (κ3) is 15.9. The first-order valence-electron chi connectivity index (χ1n) is 19.8. The minimum atomic E-state index is -1.71. The first-order chi connectivity index (χ1) is 30.4. The molecule has 2 heterocycles. The Labute approximate surface area is 374 Å². The molecule has 15 N–H and O–H groups in total. The molecule has 0 unspecified atom stereocenters. The topological polar surface area (TPSA) is 372 Å². The van der Waals surface area contributed by atoms with Crippen LogP contribution in [0.2, 0.25) is 0 Å². The maximum absolute atomic E-state index is 14.1. The lowest BCUT2D eigenvalue weighted by atomic mass is 9.97. The molecule has 2 saturated heterocycles. The normalized spacial score (nSPS) is 25.4. The Kier molecular flexibility index (Phi) is 20.0. The Bertz CT molecular complexity index is 1950. The summed E-state index contributed by atoms with van der Waals surface area (Å²) in [5.74, 6) is -6.96. The molecule has 23 nitrogen and oxygen atoms in total. The minimum Gasteiger partial charge on any atom is -0.508 e. The zero-order valence-electron chi connectivity index (χ0n) is 34.5. The number of rotatable bonds is 16. The van der Waals surface area contributed by atoms with Gasteiger partial charge < -0.3 is 78.6 Å². The molecule has 350 valence electrons. The lowest BCUT2D eigenvalue weighted by Crippen LogP contribution is -2.65. The van der Waals surface area contributed by atoms with E-state index in [1.54, 1.807) is 42.5 Å². The molecule has 8 amide bonds. The van der Waals surface area contributed by atoms with Gasteiger partial charge in [0.2, 0.25) is 47.3 Å². The third-order valence-electron chi connectivity index (χ3n) is 9.65. The van der Waals surface area contributed by atoms with Gasteiger partial charge in [0.15, 0.2) is 6.29 Å². The van der Waals surface area contributed by atoms with Gasteiger partial charge in [0, 0.05) is 24.9 Å². The first kappa shape index (κ1) is 51.1. The zero-order valence-corrected chi connectivity index (χ0v) is 36.1. The van der Waals surface area contributed by atoms with Crippen LogP contribution in [0.3, 0.4) is 0 Å². The van der Waals surface area contributed by atoms with Crippen molar-refractivity contribution >= 4 is 68.8 Å². The summed E-state index contributed by atoms with van der Waals surface area (Å²) in [6, 6.07) is 6.38. The molecule has 2 aliphatic heterocycles. The van der Waals surface area contributed by atoms with E-state index in [0.717, 1.165) is 28.5 Å². The number of amides is 8. The van der Waals surface area contributed by atoms with Gasteiger partial charge in [-0.3, -0.25) is 38.4 Å². The molecule has 2 fully saturated rings. The molecule has 64 heavy (non-hydrogen) atoms. The highest BCUT2D eigenvalue weighted by molar-refractivity contribution is 8.76. The fourth-order valence-corrected chi connectivity index (χ4v) is 8.61. The van der Waals surface area contributed by atoms with Gasteiger partial charge in [0.1, 0.15) is 54.3 Å².